The molecule has 0 saturated carbocycles. The summed E-state index contributed by atoms with van der Waals surface area (Å²) in [7, 11) is 2.74. The lowest BCUT2D eigenvalue weighted by Gasteiger charge is -2.02. The largest absolute Gasteiger partial charge is 0.497 e. The second kappa shape index (κ2) is 5.69. The van der Waals surface area contributed by atoms with Crippen molar-refractivity contribution in [1.29, 1.82) is 0 Å². The molecular weight excluding hydrogens is 222 g/mol. The van der Waals surface area contributed by atoms with Crippen LogP contribution in [0.5, 0.6) is 5.75 Å². The monoisotopic (exact) mass is 235 g/mol. The lowest BCUT2D eigenvalue weighted by Crippen LogP contribution is -2.21. The lowest BCUT2D eigenvalue weighted by atomic mass is 10.1. The van der Waals surface area contributed by atoms with Gasteiger partial charge < -0.3 is 15.2 Å². The van der Waals surface area contributed by atoms with Crippen LogP contribution < -0.4 is 10.5 Å². The highest BCUT2D eigenvalue weighted by Crippen LogP contribution is 2.14. The van der Waals surface area contributed by atoms with Crippen molar-refractivity contribution in [2.45, 2.75) is 0 Å². The van der Waals surface area contributed by atoms with Crippen molar-refractivity contribution in [3.8, 4) is 5.75 Å². The van der Waals surface area contributed by atoms with Gasteiger partial charge >= 0.3 is 5.97 Å². The SMILES string of the molecule is COC(=O)/C(=C\c1ccc(OC)cc1)C(N)=O. The molecule has 5 nitrogen and oxygen atoms in total. The van der Waals surface area contributed by atoms with Crippen LogP contribution in [0.15, 0.2) is 29.8 Å². The maximum Gasteiger partial charge on any atom is 0.343 e. The van der Waals surface area contributed by atoms with Gasteiger partial charge in [-0.1, -0.05) is 12.1 Å². The number of methoxy groups -OCH3 is 2. The minimum Gasteiger partial charge on any atom is -0.497 e. The molecule has 0 aliphatic carbocycles. The van der Waals surface area contributed by atoms with Crippen LogP contribution in [-0.4, -0.2) is 26.1 Å². The second-order valence-corrected chi connectivity index (χ2v) is 3.19. The fraction of sp³-hybridized carbons (Fsp3) is 0.167. The smallest absolute Gasteiger partial charge is 0.343 e. The van der Waals surface area contributed by atoms with Gasteiger partial charge in [0.2, 0.25) is 0 Å². The van der Waals surface area contributed by atoms with Crippen LogP contribution in [0.1, 0.15) is 5.56 Å². The van der Waals surface area contributed by atoms with Gasteiger partial charge in [-0.05, 0) is 23.8 Å². The van der Waals surface area contributed by atoms with Gasteiger partial charge in [0.05, 0.1) is 14.2 Å². The first-order valence-corrected chi connectivity index (χ1v) is 4.82. The second-order valence-electron chi connectivity index (χ2n) is 3.19. The molecule has 0 heterocycles. The van der Waals surface area contributed by atoms with Crippen molar-refractivity contribution in [2.75, 3.05) is 14.2 Å². The third-order valence-electron chi connectivity index (χ3n) is 2.10. The molecule has 0 fully saturated rings. The van der Waals surface area contributed by atoms with Crippen LogP contribution >= 0.6 is 0 Å². The molecule has 0 bridgehead atoms. The quantitative estimate of drug-likeness (QED) is 0.361. The molecule has 90 valence electrons. The normalized spacial score (nSPS) is 10.8. The summed E-state index contributed by atoms with van der Waals surface area (Å²) in [6.45, 7) is 0. The van der Waals surface area contributed by atoms with E-state index in [0.29, 0.717) is 11.3 Å². The molecule has 17 heavy (non-hydrogen) atoms. The topological polar surface area (TPSA) is 78.6 Å². The maximum atomic E-state index is 11.3. The highest BCUT2D eigenvalue weighted by molar-refractivity contribution is 6.19. The Morgan fingerprint density at radius 2 is 1.76 bits per heavy atom. The first kappa shape index (κ1) is 12.8. The van der Waals surface area contributed by atoms with Gasteiger partial charge in [0.15, 0.2) is 0 Å². The van der Waals surface area contributed by atoms with E-state index in [2.05, 4.69) is 4.74 Å². The number of esters is 1. The summed E-state index contributed by atoms with van der Waals surface area (Å²) >= 11 is 0. The van der Waals surface area contributed by atoms with Crippen LogP contribution in [0, 0.1) is 0 Å². The third kappa shape index (κ3) is 3.34. The minimum absolute atomic E-state index is 0.197. The molecule has 1 rings (SSSR count). The highest BCUT2D eigenvalue weighted by Gasteiger charge is 2.15. The number of carbonyl (C=O) groups excluding carboxylic acids is 2. The van der Waals surface area contributed by atoms with E-state index in [0.717, 1.165) is 0 Å². The first-order chi connectivity index (χ1) is 8.08. The first-order valence-electron chi connectivity index (χ1n) is 4.82. The van der Waals surface area contributed by atoms with E-state index in [1.165, 1.54) is 13.2 Å². The molecular formula is C12H13NO4. The molecule has 0 radical (unpaired) electrons. The van der Waals surface area contributed by atoms with E-state index in [4.69, 9.17) is 10.5 Å². The number of primary amides is 1. The summed E-state index contributed by atoms with van der Waals surface area (Å²) < 4.78 is 9.44. The Balaban J connectivity index is 3.04. The lowest BCUT2D eigenvalue weighted by molar-refractivity contribution is -0.137. The molecule has 0 aliphatic rings. The van der Waals surface area contributed by atoms with Crippen LogP contribution in [-0.2, 0) is 14.3 Å². The molecule has 1 aromatic carbocycles. The molecule has 2 N–H and O–H groups in total. The molecule has 0 aliphatic heterocycles. The van der Waals surface area contributed by atoms with Crippen molar-refractivity contribution >= 4 is 18.0 Å². The van der Waals surface area contributed by atoms with Gasteiger partial charge in [0, 0.05) is 0 Å². The summed E-state index contributed by atoms with van der Waals surface area (Å²) in [6.07, 6.45) is 1.37. The van der Waals surface area contributed by atoms with E-state index in [1.807, 2.05) is 0 Å². The van der Waals surface area contributed by atoms with Gasteiger partial charge in [-0.3, -0.25) is 4.79 Å². The Kier molecular flexibility index (Phi) is 4.28. The number of nitrogens with two attached hydrogens (primary N) is 1. The van der Waals surface area contributed by atoms with Crippen molar-refractivity contribution < 1.29 is 19.1 Å². The van der Waals surface area contributed by atoms with Crippen LogP contribution in [0.25, 0.3) is 6.08 Å². The highest BCUT2D eigenvalue weighted by atomic mass is 16.5. The number of rotatable bonds is 4. The standard InChI is InChI=1S/C12H13NO4/c1-16-9-5-3-8(4-6-9)7-10(11(13)14)12(15)17-2/h3-7H,1-2H3,(H2,13,14)/b10-7-. The van der Waals surface area contributed by atoms with Crippen LogP contribution in [0.2, 0.25) is 0 Å². The molecule has 1 aromatic rings. The molecule has 0 saturated heterocycles. The molecule has 5 heteroatoms. The van der Waals surface area contributed by atoms with Crippen molar-refractivity contribution in [3.05, 3.63) is 35.4 Å². The molecule has 1 amide bonds. The number of carbonyl (C=O) groups is 2. The van der Waals surface area contributed by atoms with Crippen molar-refractivity contribution in [3.63, 3.8) is 0 Å². The minimum atomic E-state index is -0.826. The average molecular weight is 235 g/mol. The van der Waals surface area contributed by atoms with Gasteiger partial charge in [-0.15, -0.1) is 0 Å². The zero-order chi connectivity index (χ0) is 12.8. The summed E-state index contributed by atoms with van der Waals surface area (Å²) in [5.74, 6) is -0.901. The summed E-state index contributed by atoms with van der Waals surface area (Å²) in [5.41, 5.74) is 5.55. The fourth-order valence-electron chi connectivity index (χ4n) is 1.21. The Morgan fingerprint density at radius 1 is 1.18 bits per heavy atom. The van der Waals surface area contributed by atoms with Crippen LogP contribution in [0.3, 0.4) is 0 Å². The molecule has 0 unspecified atom stereocenters. The summed E-state index contributed by atoms with van der Waals surface area (Å²) in [6, 6.07) is 6.82. The predicted molar refractivity (Wildman–Crippen MR) is 62.2 cm³/mol. The van der Waals surface area contributed by atoms with Crippen molar-refractivity contribution in [1.82, 2.24) is 0 Å². The Morgan fingerprint density at radius 3 is 2.18 bits per heavy atom. The number of hydrogen-bond donors (Lipinski definition) is 1. The number of ether oxygens (including phenoxy) is 2. The Labute approximate surface area is 98.8 Å². The fourth-order valence-corrected chi connectivity index (χ4v) is 1.21. The predicted octanol–water partition coefficient (Wildman–Crippen LogP) is 0.737. The number of hydrogen-bond acceptors (Lipinski definition) is 4. The Bertz CT molecular complexity index is 448. The number of benzene rings is 1. The van der Waals surface area contributed by atoms with E-state index >= 15 is 0 Å². The van der Waals surface area contributed by atoms with Crippen LogP contribution in [0.4, 0.5) is 0 Å². The van der Waals surface area contributed by atoms with E-state index in [9.17, 15) is 9.59 Å². The van der Waals surface area contributed by atoms with E-state index in [1.54, 1.807) is 31.4 Å². The van der Waals surface area contributed by atoms with Gasteiger partial charge in [-0.2, -0.15) is 0 Å². The average Bonchev–Trinajstić information content (AvgIpc) is 2.35. The summed E-state index contributed by atoms with van der Waals surface area (Å²) in [4.78, 5) is 22.3. The zero-order valence-corrected chi connectivity index (χ0v) is 9.60. The number of amides is 1. The maximum absolute atomic E-state index is 11.3. The van der Waals surface area contributed by atoms with Crippen molar-refractivity contribution in [2.24, 2.45) is 5.73 Å². The zero-order valence-electron chi connectivity index (χ0n) is 9.60. The van der Waals surface area contributed by atoms with E-state index in [-0.39, 0.29) is 5.57 Å². The molecule has 0 aromatic heterocycles. The molecule has 0 atom stereocenters. The third-order valence-corrected chi connectivity index (χ3v) is 2.10. The van der Waals surface area contributed by atoms with Gasteiger partial charge in [-0.25, -0.2) is 4.79 Å². The Hall–Kier alpha value is -2.30. The van der Waals surface area contributed by atoms with E-state index < -0.39 is 11.9 Å². The van der Waals surface area contributed by atoms with Gasteiger partial charge in [0.1, 0.15) is 11.3 Å². The van der Waals surface area contributed by atoms with Gasteiger partial charge in [0.25, 0.3) is 5.91 Å². The summed E-state index contributed by atoms with van der Waals surface area (Å²) in [5, 5.41) is 0. The molecule has 0 spiro atoms.